The van der Waals surface area contributed by atoms with Crippen molar-refractivity contribution in [3.05, 3.63) is 82.9 Å². The molecular formula is C33H34O10. The number of ketones is 2. The lowest BCUT2D eigenvalue weighted by atomic mass is 9.70. The van der Waals surface area contributed by atoms with E-state index in [-0.39, 0.29) is 24.8 Å². The first-order valence-electron chi connectivity index (χ1n) is 14.5. The first-order valence-corrected chi connectivity index (χ1v) is 14.5. The van der Waals surface area contributed by atoms with E-state index in [1.54, 1.807) is 60.7 Å². The van der Waals surface area contributed by atoms with E-state index in [4.69, 9.17) is 37.9 Å². The van der Waals surface area contributed by atoms with Crippen LogP contribution in [0.25, 0.3) is 0 Å². The number of carbonyl (C=O) groups excluding carboxylic acids is 2. The second-order valence-corrected chi connectivity index (χ2v) is 10.1. The topological polar surface area (TPSA) is 108 Å². The lowest BCUT2D eigenvalue weighted by Crippen LogP contribution is -2.39. The maximum atomic E-state index is 14.4. The van der Waals surface area contributed by atoms with Gasteiger partial charge in [-0.25, -0.2) is 0 Å². The van der Waals surface area contributed by atoms with Crippen molar-refractivity contribution in [2.75, 3.05) is 79.3 Å². The van der Waals surface area contributed by atoms with Gasteiger partial charge in [-0.2, -0.15) is 0 Å². The van der Waals surface area contributed by atoms with Gasteiger partial charge in [-0.15, -0.1) is 0 Å². The molecule has 10 heteroatoms. The molecule has 2 aliphatic heterocycles. The van der Waals surface area contributed by atoms with Crippen molar-refractivity contribution < 1.29 is 47.5 Å². The van der Waals surface area contributed by atoms with Gasteiger partial charge in [0, 0.05) is 11.1 Å². The molecule has 43 heavy (non-hydrogen) atoms. The summed E-state index contributed by atoms with van der Waals surface area (Å²) in [7, 11) is 0. The molecule has 0 unspecified atom stereocenters. The third-order valence-electron chi connectivity index (χ3n) is 7.54. The second-order valence-electron chi connectivity index (χ2n) is 10.1. The van der Waals surface area contributed by atoms with E-state index in [0.717, 1.165) is 0 Å². The quantitative estimate of drug-likeness (QED) is 0.411. The highest BCUT2D eigenvalue weighted by atomic mass is 16.6. The van der Waals surface area contributed by atoms with Crippen molar-refractivity contribution in [3.8, 4) is 23.0 Å². The highest BCUT2D eigenvalue weighted by Gasteiger charge is 2.55. The molecule has 3 aromatic carbocycles. The van der Waals surface area contributed by atoms with E-state index in [1.165, 1.54) is 0 Å². The molecule has 10 nitrogen and oxygen atoms in total. The summed E-state index contributed by atoms with van der Waals surface area (Å²) < 4.78 is 46.3. The fourth-order valence-electron chi connectivity index (χ4n) is 5.51. The number of carbonyl (C=O) groups is 2. The van der Waals surface area contributed by atoms with Crippen LogP contribution < -0.4 is 18.9 Å². The van der Waals surface area contributed by atoms with Crippen LogP contribution in [0.1, 0.15) is 31.8 Å². The van der Waals surface area contributed by atoms with E-state index in [1.807, 2.05) is 0 Å². The molecule has 2 heterocycles. The number of Topliss-reactive ketones (excluding diaryl/α,β-unsaturated/α-hetero) is 2. The predicted molar refractivity (Wildman–Crippen MR) is 154 cm³/mol. The lowest BCUT2D eigenvalue weighted by Gasteiger charge is -2.29. The second kappa shape index (κ2) is 13.6. The van der Waals surface area contributed by atoms with Gasteiger partial charge in [0.1, 0.15) is 31.8 Å². The van der Waals surface area contributed by atoms with Crippen LogP contribution in [0.3, 0.4) is 0 Å². The summed E-state index contributed by atoms with van der Waals surface area (Å²) in [4.78, 5) is 28.9. The summed E-state index contributed by atoms with van der Waals surface area (Å²) in [5.74, 6) is 1.11. The van der Waals surface area contributed by atoms with Crippen LogP contribution in [0.2, 0.25) is 0 Å². The van der Waals surface area contributed by atoms with Gasteiger partial charge in [-0.1, -0.05) is 36.4 Å². The van der Waals surface area contributed by atoms with E-state index in [0.29, 0.717) is 111 Å². The zero-order valence-corrected chi connectivity index (χ0v) is 23.8. The van der Waals surface area contributed by atoms with Crippen molar-refractivity contribution in [2.45, 2.75) is 5.41 Å². The Balaban J connectivity index is 1.45. The zero-order valence-electron chi connectivity index (χ0n) is 23.8. The monoisotopic (exact) mass is 590 g/mol. The van der Waals surface area contributed by atoms with Crippen LogP contribution in [0.4, 0.5) is 0 Å². The molecule has 0 spiro atoms. The summed E-state index contributed by atoms with van der Waals surface area (Å²) in [5, 5.41) is 0. The fraction of sp³-hybridized carbons (Fsp3) is 0.394. The molecule has 0 aromatic heterocycles. The van der Waals surface area contributed by atoms with E-state index >= 15 is 0 Å². The largest absolute Gasteiger partial charge is 0.487 e. The average molecular weight is 591 g/mol. The highest BCUT2D eigenvalue weighted by molar-refractivity contribution is 6.35. The summed E-state index contributed by atoms with van der Waals surface area (Å²) in [6.45, 7) is 4.42. The Labute approximate surface area is 249 Å². The summed E-state index contributed by atoms with van der Waals surface area (Å²) >= 11 is 0. The first kappa shape index (κ1) is 29.1. The molecule has 3 aliphatic rings. The Hall–Kier alpha value is -3.96. The molecule has 226 valence electrons. The molecule has 0 amide bonds. The maximum Gasteiger partial charge on any atom is 0.186 e. The van der Waals surface area contributed by atoms with Gasteiger partial charge in [0.05, 0.1) is 52.9 Å². The number of fused-ring (bicyclic) bond motifs is 3. The molecule has 3 aromatic rings. The minimum atomic E-state index is -1.69. The van der Waals surface area contributed by atoms with E-state index < -0.39 is 5.41 Å². The Morgan fingerprint density at radius 3 is 1.16 bits per heavy atom. The minimum absolute atomic E-state index is 0.255. The van der Waals surface area contributed by atoms with Crippen molar-refractivity contribution in [1.82, 2.24) is 0 Å². The molecule has 6 rings (SSSR count). The van der Waals surface area contributed by atoms with E-state index in [9.17, 15) is 9.59 Å². The Morgan fingerprint density at radius 1 is 0.419 bits per heavy atom. The molecule has 0 bridgehead atoms. The van der Waals surface area contributed by atoms with Gasteiger partial charge in [0.15, 0.2) is 34.6 Å². The minimum Gasteiger partial charge on any atom is -0.487 e. The lowest BCUT2D eigenvalue weighted by molar-refractivity contribution is 0.0223. The Bertz CT molecular complexity index is 1340. The van der Waals surface area contributed by atoms with Gasteiger partial charge in [0.2, 0.25) is 0 Å². The average Bonchev–Trinajstić information content (AvgIpc) is 3.24. The van der Waals surface area contributed by atoms with Gasteiger partial charge < -0.3 is 37.9 Å². The number of hydrogen-bond donors (Lipinski definition) is 0. The molecule has 0 saturated carbocycles. The SMILES string of the molecule is O=C1c2ccccc2C(=O)C1(c1ccc2c(c1)OCCOCCOCCO2)c1ccc2c(c1)OCCOCCOCCO2. The fourth-order valence-corrected chi connectivity index (χ4v) is 5.51. The third kappa shape index (κ3) is 5.96. The van der Waals surface area contributed by atoms with E-state index in [2.05, 4.69) is 0 Å². The molecule has 1 aliphatic carbocycles. The highest BCUT2D eigenvalue weighted by Crippen LogP contribution is 2.48. The van der Waals surface area contributed by atoms with Crippen LogP contribution in [0.5, 0.6) is 23.0 Å². The molecule has 0 atom stereocenters. The van der Waals surface area contributed by atoms with Crippen LogP contribution in [-0.2, 0) is 24.4 Å². The molecule has 0 saturated heterocycles. The van der Waals surface area contributed by atoms with Crippen molar-refractivity contribution in [2.24, 2.45) is 0 Å². The summed E-state index contributed by atoms with van der Waals surface area (Å²) in [5.41, 5.74) is -0.0587. The normalized spacial score (nSPS) is 19.6. The van der Waals surface area contributed by atoms with Gasteiger partial charge in [-0.3, -0.25) is 9.59 Å². The molecule has 0 radical (unpaired) electrons. The Morgan fingerprint density at radius 2 is 0.767 bits per heavy atom. The molecule has 0 N–H and O–H groups in total. The van der Waals surface area contributed by atoms with Crippen LogP contribution >= 0.6 is 0 Å². The summed E-state index contributed by atoms with van der Waals surface area (Å²) in [6.07, 6.45) is 0. The van der Waals surface area contributed by atoms with Crippen molar-refractivity contribution in [1.29, 1.82) is 0 Å². The predicted octanol–water partition coefficient (Wildman–Crippen LogP) is 3.66. The molecule has 0 fully saturated rings. The van der Waals surface area contributed by atoms with Crippen molar-refractivity contribution in [3.63, 3.8) is 0 Å². The van der Waals surface area contributed by atoms with Gasteiger partial charge in [0.25, 0.3) is 0 Å². The summed E-state index contributed by atoms with van der Waals surface area (Å²) in [6, 6.07) is 17.3. The van der Waals surface area contributed by atoms with Crippen LogP contribution in [0, 0.1) is 0 Å². The van der Waals surface area contributed by atoms with Crippen LogP contribution in [0.15, 0.2) is 60.7 Å². The van der Waals surface area contributed by atoms with Crippen molar-refractivity contribution >= 4 is 11.6 Å². The smallest absolute Gasteiger partial charge is 0.186 e. The van der Waals surface area contributed by atoms with Gasteiger partial charge >= 0.3 is 0 Å². The Kier molecular flexibility index (Phi) is 9.18. The maximum absolute atomic E-state index is 14.4. The zero-order chi connectivity index (χ0) is 29.5. The first-order chi connectivity index (χ1) is 21.2. The number of rotatable bonds is 2. The number of ether oxygens (including phenoxy) is 8. The number of benzene rings is 3. The van der Waals surface area contributed by atoms with Crippen LogP contribution in [-0.4, -0.2) is 90.8 Å². The van der Waals surface area contributed by atoms with Gasteiger partial charge in [-0.05, 0) is 35.4 Å². The standard InChI is InChI=1S/C33H34O10/c34-31-25-3-1-2-4-26(25)32(35)33(31,23-5-7-27-29(21-23)42-19-15-38-11-9-36-13-17-40-27)24-6-8-28-30(22-24)43-20-16-39-12-10-37-14-18-41-28/h1-8,21-22H,9-20H2. The third-order valence-corrected chi connectivity index (χ3v) is 7.54. The number of hydrogen-bond acceptors (Lipinski definition) is 10. The molecular weight excluding hydrogens is 556 g/mol.